The van der Waals surface area contributed by atoms with E-state index < -0.39 is 15.8 Å². The quantitative estimate of drug-likeness (QED) is 0.855. The summed E-state index contributed by atoms with van der Waals surface area (Å²) in [6, 6.07) is 5.76. The summed E-state index contributed by atoms with van der Waals surface area (Å²) in [6.07, 6.45) is 1.83. The minimum atomic E-state index is -3.82. The highest BCUT2D eigenvalue weighted by Gasteiger charge is 2.37. The van der Waals surface area contributed by atoms with Crippen LogP contribution in [0, 0.1) is 5.82 Å². The average molecular weight is 300 g/mol. The molecule has 0 radical (unpaired) electrons. The first-order chi connectivity index (χ1) is 9.56. The third-order valence-electron chi connectivity index (χ3n) is 3.82. The Hall–Kier alpha value is -1.02. The van der Waals surface area contributed by atoms with Crippen LogP contribution < -0.4 is 10.0 Å². The first kappa shape index (κ1) is 13.9. The van der Waals surface area contributed by atoms with Crippen LogP contribution in [-0.4, -0.2) is 39.8 Å². The monoisotopic (exact) mass is 300 g/mol. The van der Waals surface area contributed by atoms with Crippen molar-refractivity contribution in [2.45, 2.75) is 36.0 Å². The molecule has 0 aromatic heterocycles. The number of hydrogen-bond acceptors (Lipinski definition) is 4. The third kappa shape index (κ3) is 2.71. The van der Waals surface area contributed by atoms with E-state index in [4.69, 9.17) is 4.74 Å². The van der Waals surface area contributed by atoms with E-state index in [0.717, 1.165) is 25.5 Å². The van der Waals surface area contributed by atoms with Crippen LogP contribution >= 0.6 is 0 Å². The molecule has 0 amide bonds. The van der Waals surface area contributed by atoms with Crippen LogP contribution in [-0.2, 0) is 14.8 Å². The summed E-state index contributed by atoms with van der Waals surface area (Å²) in [5, 5.41) is 3.26. The fourth-order valence-electron chi connectivity index (χ4n) is 2.59. The van der Waals surface area contributed by atoms with Crippen molar-refractivity contribution >= 4 is 10.0 Å². The minimum absolute atomic E-state index is 0.139. The highest BCUT2D eigenvalue weighted by atomic mass is 32.2. The van der Waals surface area contributed by atoms with Gasteiger partial charge in [0.1, 0.15) is 10.7 Å². The molecular weight excluding hydrogens is 283 g/mol. The maximum atomic E-state index is 13.5. The van der Waals surface area contributed by atoms with Crippen molar-refractivity contribution in [3.05, 3.63) is 30.1 Å². The van der Waals surface area contributed by atoms with E-state index in [1.54, 1.807) is 0 Å². The lowest BCUT2D eigenvalue weighted by molar-refractivity contribution is -0.0999. The SMILES string of the molecule is O=S(=O)(NC[C@H]1CC[C@@H]2NC[C@@H]2O1)c1ccccc1F. The van der Waals surface area contributed by atoms with Gasteiger partial charge in [-0.05, 0) is 25.0 Å². The Balaban J connectivity index is 1.61. The van der Waals surface area contributed by atoms with Crippen LogP contribution in [0.2, 0.25) is 0 Å². The maximum absolute atomic E-state index is 13.5. The molecule has 3 rings (SSSR count). The molecule has 0 spiro atoms. The molecule has 2 saturated heterocycles. The van der Waals surface area contributed by atoms with Crippen LogP contribution in [0.5, 0.6) is 0 Å². The molecule has 0 bridgehead atoms. The van der Waals surface area contributed by atoms with Gasteiger partial charge in [0.25, 0.3) is 0 Å². The Labute approximate surface area is 117 Å². The number of halogens is 1. The van der Waals surface area contributed by atoms with Crippen LogP contribution in [0.4, 0.5) is 4.39 Å². The number of rotatable bonds is 4. The van der Waals surface area contributed by atoms with Crippen molar-refractivity contribution in [1.29, 1.82) is 0 Å². The van der Waals surface area contributed by atoms with Crippen LogP contribution in [0.25, 0.3) is 0 Å². The van der Waals surface area contributed by atoms with Crippen LogP contribution in [0.3, 0.4) is 0 Å². The van der Waals surface area contributed by atoms with Crippen molar-refractivity contribution in [2.24, 2.45) is 0 Å². The molecule has 2 N–H and O–H groups in total. The van der Waals surface area contributed by atoms with E-state index in [0.29, 0.717) is 6.04 Å². The summed E-state index contributed by atoms with van der Waals surface area (Å²) >= 11 is 0. The zero-order valence-electron chi connectivity index (χ0n) is 10.9. The standard InChI is InChI=1S/C13H17FN2O3S/c14-10-3-1-2-4-13(10)20(17,18)16-7-9-5-6-11-12(19-9)8-15-11/h1-4,9,11-12,15-16H,5-8H2/t9-,11+,12+/m1/s1. The second-order valence-corrected chi connectivity index (χ2v) is 6.91. The molecule has 110 valence electrons. The van der Waals surface area contributed by atoms with Crippen molar-refractivity contribution in [1.82, 2.24) is 10.0 Å². The zero-order valence-corrected chi connectivity index (χ0v) is 11.7. The van der Waals surface area contributed by atoms with E-state index in [-0.39, 0.29) is 23.6 Å². The smallest absolute Gasteiger partial charge is 0.243 e. The highest BCUT2D eigenvalue weighted by Crippen LogP contribution is 2.24. The minimum Gasteiger partial charge on any atom is -0.371 e. The fraction of sp³-hybridized carbons (Fsp3) is 0.538. The molecule has 1 aromatic rings. The predicted octanol–water partition coefficient (Wildman–Crippen LogP) is 0.623. The summed E-state index contributed by atoms with van der Waals surface area (Å²) in [6.45, 7) is 1.00. The first-order valence-electron chi connectivity index (χ1n) is 6.69. The van der Waals surface area contributed by atoms with E-state index in [1.165, 1.54) is 18.2 Å². The molecule has 20 heavy (non-hydrogen) atoms. The number of nitrogens with one attached hydrogen (secondary N) is 2. The molecule has 1 aromatic carbocycles. The Morgan fingerprint density at radius 3 is 2.80 bits per heavy atom. The average Bonchev–Trinajstić information content (AvgIpc) is 2.39. The van der Waals surface area contributed by atoms with Gasteiger partial charge in [-0.1, -0.05) is 12.1 Å². The van der Waals surface area contributed by atoms with Gasteiger partial charge in [0.2, 0.25) is 10.0 Å². The van der Waals surface area contributed by atoms with E-state index in [9.17, 15) is 12.8 Å². The van der Waals surface area contributed by atoms with Crippen molar-refractivity contribution < 1.29 is 17.5 Å². The van der Waals surface area contributed by atoms with Crippen LogP contribution in [0.1, 0.15) is 12.8 Å². The lowest BCUT2D eigenvalue weighted by Crippen LogP contribution is -2.62. The third-order valence-corrected chi connectivity index (χ3v) is 5.28. The van der Waals surface area contributed by atoms with Gasteiger partial charge in [0.05, 0.1) is 12.2 Å². The maximum Gasteiger partial charge on any atom is 0.243 e. The van der Waals surface area contributed by atoms with Crippen LogP contribution in [0.15, 0.2) is 29.2 Å². The number of fused-ring (bicyclic) bond motifs is 1. The van der Waals surface area contributed by atoms with Gasteiger partial charge in [-0.25, -0.2) is 17.5 Å². The molecule has 0 saturated carbocycles. The number of hydrogen-bond donors (Lipinski definition) is 2. The fourth-order valence-corrected chi connectivity index (χ4v) is 3.73. The summed E-state index contributed by atoms with van der Waals surface area (Å²) in [4.78, 5) is -0.320. The summed E-state index contributed by atoms with van der Waals surface area (Å²) in [5.41, 5.74) is 0. The second-order valence-electron chi connectivity index (χ2n) is 5.17. The summed E-state index contributed by atoms with van der Waals surface area (Å²) in [7, 11) is -3.82. The van der Waals surface area contributed by atoms with Crippen molar-refractivity contribution in [3.8, 4) is 0 Å². The molecule has 5 nitrogen and oxygen atoms in total. The van der Waals surface area contributed by atoms with Crippen molar-refractivity contribution in [3.63, 3.8) is 0 Å². The normalized spacial score (nSPS) is 29.6. The van der Waals surface area contributed by atoms with Gasteiger partial charge in [0.15, 0.2) is 0 Å². The topological polar surface area (TPSA) is 67.4 Å². The summed E-state index contributed by atoms with van der Waals surface area (Å²) in [5.74, 6) is -0.743. The molecule has 0 unspecified atom stereocenters. The van der Waals surface area contributed by atoms with Gasteiger partial charge >= 0.3 is 0 Å². The number of sulfonamides is 1. The number of ether oxygens (including phenoxy) is 1. The molecule has 2 heterocycles. The Kier molecular flexibility index (Phi) is 3.76. The molecule has 2 aliphatic rings. The van der Waals surface area contributed by atoms with Crippen molar-refractivity contribution in [2.75, 3.05) is 13.1 Å². The largest absolute Gasteiger partial charge is 0.371 e. The molecule has 2 fully saturated rings. The van der Waals surface area contributed by atoms with Gasteiger partial charge in [-0.3, -0.25) is 0 Å². The van der Waals surface area contributed by atoms with E-state index in [1.807, 2.05) is 0 Å². The van der Waals surface area contributed by atoms with E-state index >= 15 is 0 Å². The second kappa shape index (κ2) is 5.40. The Morgan fingerprint density at radius 1 is 1.35 bits per heavy atom. The molecule has 2 aliphatic heterocycles. The predicted molar refractivity (Wildman–Crippen MR) is 71.3 cm³/mol. The van der Waals surface area contributed by atoms with E-state index in [2.05, 4.69) is 10.0 Å². The van der Waals surface area contributed by atoms with Gasteiger partial charge in [0, 0.05) is 19.1 Å². The number of benzene rings is 1. The molecule has 7 heteroatoms. The van der Waals surface area contributed by atoms with Gasteiger partial charge in [-0.2, -0.15) is 0 Å². The highest BCUT2D eigenvalue weighted by molar-refractivity contribution is 7.89. The molecule has 0 aliphatic carbocycles. The molecule has 3 atom stereocenters. The van der Waals surface area contributed by atoms with Gasteiger partial charge < -0.3 is 10.1 Å². The zero-order chi connectivity index (χ0) is 14.2. The first-order valence-corrected chi connectivity index (χ1v) is 8.17. The van der Waals surface area contributed by atoms with Gasteiger partial charge in [-0.15, -0.1) is 0 Å². The lowest BCUT2D eigenvalue weighted by Gasteiger charge is -2.44. The Bertz CT molecular complexity index is 593. The molecular formula is C13H17FN2O3S. The Morgan fingerprint density at radius 2 is 2.15 bits per heavy atom. The lowest BCUT2D eigenvalue weighted by atomic mass is 9.93. The summed E-state index contributed by atoms with van der Waals surface area (Å²) < 4.78 is 45.8.